The van der Waals surface area contributed by atoms with Crippen molar-refractivity contribution in [2.24, 2.45) is 0 Å². The molecule has 2 aromatic rings. The molecule has 0 spiro atoms. The van der Waals surface area contributed by atoms with Crippen molar-refractivity contribution in [3.8, 4) is 29.4 Å². The fourth-order valence-electron chi connectivity index (χ4n) is 2.39. The highest BCUT2D eigenvalue weighted by atomic mass is 16.7. The molecule has 3 rings (SSSR count). The second-order valence-electron chi connectivity index (χ2n) is 5.50. The molecule has 1 heterocycles. The second-order valence-corrected chi connectivity index (χ2v) is 5.50. The van der Waals surface area contributed by atoms with E-state index in [9.17, 15) is 0 Å². The Morgan fingerprint density at radius 1 is 1.33 bits per heavy atom. The van der Waals surface area contributed by atoms with Crippen LogP contribution in [0, 0.1) is 12.3 Å². The summed E-state index contributed by atoms with van der Waals surface area (Å²) in [6.45, 7) is 2.65. The van der Waals surface area contributed by atoms with Crippen LogP contribution in [-0.2, 0) is 4.74 Å². The maximum atomic E-state index is 5.76. The number of benzene rings is 1. The van der Waals surface area contributed by atoms with E-state index in [0.29, 0.717) is 24.2 Å². The van der Waals surface area contributed by atoms with Crippen molar-refractivity contribution in [2.75, 3.05) is 25.8 Å². The van der Waals surface area contributed by atoms with Gasteiger partial charge in [0.1, 0.15) is 11.4 Å². The fourth-order valence-corrected chi connectivity index (χ4v) is 2.39. The van der Waals surface area contributed by atoms with Gasteiger partial charge < -0.3 is 14.8 Å². The number of rotatable bonds is 7. The highest BCUT2D eigenvalue weighted by Gasteiger charge is 2.30. The number of hydrogen-bond acceptors (Lipinski definition) is 6. The summed E-state index contributed by atoms with van der Waals surface area (Å²) in [4.78, 5) is 4.60. The Morgan fingerprint density at radius 2 is 2.17 bits per heavy atom. The molecule has 1 fully saturated rings. The number of nitrogens with zero attached hydrogens (tertiary/aromatic N) is 3. The molecule has 0 bridgehead atoms. The van der Waals surface area contributed by atoms with Gasteiger partial charge in [-0.05, 0) is 38.0 Å². The van der Waals surface area contributed by atoms with Gasteiger partial charge in [-0.15, -0.1) is 16.6 Å². The molecule has 1 aliphatic carbocycles. The summed E-state index contributed by atoms with van der Waals surface area (Å²) in [6, 6.07) is 5.60. The van der Waals surface area contributed by atoms with E-state index in [4.69, 9.17) is 15.9 Å². The van der Waals surface area contributed by atoms with E-state index in [1.165, 1.54) is 0 Å². The van der Waals surface area contributed by atoms with E-state index < -0.39 is 0 Å². The number of hydrogen-bond donors (Lipinski definition) is 1. The molecular weight excluding hydrogens is 304 g/mol. The molecule has 6 nitrogen and oxygen atoms in total. The largest absolute Gasteiger partial charge is 0.467 e. The molecule has 124 valence electrons. The van der Waals surface area contributed by atoms with Crippen LogP contribution in [0.2, 0.25) is 0 Å². The Kier molecular flexibility index (Phi) is 4.92. The Hall–Kier alpha value is -2.65. The zero-order valence-electron chi connectivity index (χ0n) is 13.9. The molecule has 24 heavy (non-hydrogen) atoms. The zero-order chi connectivity index (χ0) is 16.9. The molecule has 6 heteroatoms. The van der Waals surface area contributed by atoms with E-state index >= 15 is 0 Å². The van der Waals surface area contributed by atoms with Gasteiger partial charge in [-0.3, -0.25) is 0 Å². The third kappa shape index (κ3) is 3.47. The first-order valence-electron chi connectivity index (χ1n) is 8.00. The summed E-state index contributed by atoms with van der Waals surface area (Å²) in [5.74, 6) is 4.21. The van der Waals surface area contributed by atoms with Crippen LogP contribution in [0.5, 0.6) is 5.75 Å². The van der Waals surface area contributed by atoms with E-state index in [1.54, 1.807) is 7.05 Å². The Labute approximate surface area is 141 Å². The average Bonchev–Trinajstić information content (AvgIpc) is 3.46. The minimum absolute atomic E-state index is 0.158. The zero-order valence-corrected chi connectivity index (χ0v) is 13.9. The van der Waals surface area contributed by atoms with Crippen LogP contribution in [0.15, 0.2) is 18.2 Å². The van der Waals surface area contributed by atoms with Crippen molar-refractivity contribution in [2.45, 2.75) is 25.7 Å². The van der Waals surface area contributed by atoms with Gasteiger partial charge in [0.25, 0.3) is 0 Å². The topological polar surface area (TPSA) is 69.2 Å². The summed E-state index contributed by atoms with van der Waals surface area (Å²) < 4.78 is 11.1. The molecule has 1 saturated carbocycles. The van der Waals surface area contributed by atoms with Gasteiger partial charge in [0.2, 0.25) is 5.95 Å². The standard InChI is InChI=1S/C18H20N4O2/c1-4-12-6-9-14(15(10-12)24-11-23-5-2)17-16(13-7-8-13)20-18(19-3)22-21-17/h1,6,9-10,13H,5,7-8,11H2,2-3H3,(H,19,20,22). The molecule has 0 aliphatic heterocycles. The molecule has 0 atom stereocenters. The highest BCUT2D eigenvalue weighted by molar-refractivity contribution is 5.71. The SMILES string of the molecule is C#Cc1ccc(-c2nnc(NC)nc2C2CC2)c(OCOCC)c1. The number of ether oxygens (including phenoxy) is 2. The van der Waals surface area contributed by atoms with Crippen LogP contribution < -0.4 is 10.1 Å². The third-order valence-corrected chi connectivity index (χ3v) is 3.81. The van der Waals surface area contributed by atoms with E-state index in [2.05, 4.69) is 26.4 Å². The molecular formula is C18H20N4O2. The fraction of sp³-hybridized carbons (Fsp3) is 0.389. The lowest BCUT2D eigenvalue weighted by Gasteiger charge is -2.14. The molecule has 1 aromatic carbocycles. The van der Waals surface area contributed by atoms with Gasteiger partial charge in [0.15, 0.2) is 6.79 Å². The van der Waals surface area contributed by atoms with Crippen molar-refractivity contribution in [3.63, 3.8) is 0 Å². The second kappa shape index (κ2) is 7.28. The Morgan fingerprint density at radius 3 is 2.83 bits per heavy atom. The average molecular weight is 324 g/mol. The summed E-state index contributed by atoms with van der Waals surface area (Å²) in [5.41, 5.74) is 3.26. The minimum atomic E-state index is 0.158. The van der Waals surface area contributed by atoms with Gasteiger partial charge in [0.05, 0.1) is 5.69 Å². The van der Waals surface area contributed by atoms with Crippen LogP contribution in [-0.4, -0.2) is 35.6 Å². The first kappa shape index (κ1) is 16.2. The molecule has 0 amide bonds. The van der Waals surface area contributed by atoms with Crippen molar-refractivity contribution in [1.82, 2.24) is 15.2 Å². The smallest absolute Gasteiger partial charge is 0.242 e. The minimum Gasteiger partial charge on any atom is -0.467 e. The maximum absolute atomic E-state index is 5.76. The van der Waals surface area contributed by atoms with Crippen LogP contribution in [0.1, 0.15) is 36.9 Å². The van der Waals surface area contributed by atoms with Gasteiger partial charge in [0, 0.05) is 30.7 Å². The van der Waals surface area contributed by atoms with Gasteiger partial charge in [-0.2, -0.15) is 0 Å². The van der Waals surface area contributed by atoms with E-state index in [0.717, 1.165) is 35.4 Å². The summed E-state index contributed by atoms with van der Waals surface area (Å²) in [7, 11) is 1.78. The van der Waals surface area contributed by atoms with E-state index in [-0.39, 0.29) is 6.79 Å². The van der Waals surface area contributed by atoms with Gasteiger partial charge in [-0.25, -0.2) is 4.98 Å². The molecule has 0 saturated heterocycles. The van der Waals surface area contributed by atoms with Crippen molar-refractivity contribution in [1.29, 1.82) is 0 Å². The monoisotopic (exact) mass is 324 g/mol. The Balaban J connectivity index is 2.03. The summed E-state index contributed by atoms with van der Waals surface area (Å²) in [5, 5.41) is 11.4. The highest BCUT2D eigenvalue weighted by Crippen LogP contribution is 2.44. The lowest BCUT2D eigenvalue weighted by molar-refractivity contribution is 0.0227. The quantitative estimate of drug-likeness (QED) is 0.480. The van der Waals surface area contributed by atoms with Gasteiger partial charge >= 0.3 is 0 Å². The predicted molar refractivity (Wildman–Crippen MR) is 91.8 cm³/mol. The lowest BCUT2D eigenvalue weighted by atomic mass is 10.0. The molecule has 1 N–H and O–H groups in total. The number of anilines is 1. The molecule has 1 aliphatic rings. The number of aromatic nitrogens is 3. The lowest BCUT2D eigenvalue weighted by Crippen LogP contribution is -2.07. The number of terminal acetylenes is 1. The molecule has 0 unspecified atom stereocenters. The van der Waals surface area contributed by atoms with Gasteiger partial charge in [-0.1, -0.05) is 5.92 Å². The third-order valence-electron chi connectivity index (χ3n) is 3.81. The first-order valence-corrected chi connectivity index (χ1v) is 8.00. The van der Waals surface area contributed by atoms with E-state index in [1.807, 2.05) is 25.1 Å². The number of nitrogens with one attached hydrogen (secondary N) is 1. The summed E-state index contributed by atoms with van der Waals surface area (Å²) >= 11 is 0. The van der Waals surface area contributed by atoms with Crippen LogP contribution in [0.4, 0.5) is 5.95 Å². The summed E-state index contributed by atoms with van der Waals surface area (Å²) in [6.07, 6.45) is 7.74. The normalized spacial score (nSPS) is 13.4. The van der Waals surface area contributed by atoms with Crippen LogP contribution >= 0.6 is 0 Å². The van der Waals surface area contributed by atoms with Crippen molar-refractivity contribution in [3.05, 3.63) is 29.5 Å². The van der Waals surface area contributed by atoms with Crippen molar-refractivity contribution >= 4 is 5.95 Å². The van der Waals surface area contributed by atoms with Crippen LogP contribution in [0.3, 0.4) is 0 Å². The maximum Gasteiger partial charge on any atom is 0.242 e. The van der Waals surface area contributed by atoms with Crippen molar-refractivity contribution < 1.29 is 9.47 Å². The predicted octanol–water partition coefficient (Wildman–Crippen LogP) is 2.81. The molecule has 1 aromatic heterocycles. The molecule has 0 radical (unpaired) electrons. The van der Waals surface area contributed by atoms with Crippen LogP contribution in [0.25, 0.3) is 11.3 Å². The first-order chi connectivity index (χ1) is 11.8. The Bertz CT molecular complexity index is 766.